The highest BCUT2D eigenvalue weighted by molar-refractivity contribution is 7.19. The van der Waals surface area contributed by atoms with E-state index < -0.39 is 11.9 Å². The molecule has 1 fully saturated rings. The van der Waals surface area contributed by atoms with Gasteiger partial charge in [0, 0.05) is 13.1 Å². The molecule has 1 aromatic heterocycles. The molecule has 1 aliphatic heterocycles. The van der Waals surface area contributed by atoms with Crippen molar-refractivity contribution in [1.29, 1.82) is 0 Å². The van der Waals surface area contributed by atoms with Gasteiger partial charge in [-0.1, -0.05) is 12.8 Å². The van der Waals surface area contributed by atoms with Crippen molar-refractivity contribution in [3.63, 3.8) is 0 Å². The van der Waals surface area contributed by atoms with E-state index in [4.69, 9.17) is 15.2 Å². The minimum atomic E-state index is -0.524. The molecule has 21 heavy (non-hydrogen) atoms. The number of nitrogen functional groups attached to an aromatic ring is 1. The number of hydrogen-bond donors (Lipinski definition) is 1. The highest BCUT2D eigenvalue weighted by atomic mass is 32.1. The fourth-order valence-electron chi connectivity index (χ4n) is 2.47. The van der Waals surface area contributed by atoms with Gasteiger partial charge in [-0.25, -0.2) is 9.59 Å². The van der Waals surface area contributed by atoms with E-state index >= 15 is 0 Å². The van der Waals surface area contributed by atoms with E-state index in [1.807, 2.05) is 0 Å². The maximum absolute atomic E-state index is 12.0. The molecular weight excluding hydrogens is 292 g/mol. The van der Waals surface area contributed by atoms with Gasteiger partial charge in [-0.2, -0.15) is 0 Å². The third kappa shape index (κ3) is 3.12. The van der Waals surface area contributed by atoms with E-state index in [-0.39, 0.29) is 16.1 Å². The number of ether oxygens (including phenoxy) is 2. The number of methoxy groups -OCH3 is 2. The molecule has 1 aliphatic rings. The second kappa shape index (κ2) is 6.80. The maximum Gasteiger partial charge on any atom is 0.350 e. The predicted molar refractivity (Wildman–Crippen MR) is 82.1 cm³/mol. The Kier molecular flexibility index (Phi) is 5.06. The quantitative estimate of drug-likeness (QED) is 0.862. The maximum atomic E-state index is 12.0. The Morgan fingerprint density at radius 2 is 1.62 bits per heavy atom. The summed E-state index contributed by atoms with van der Waals surface area (Å²) >= 11 is 1.20. The fraction of sp³-hybridized carbons (Fsp3) is 0.571. The molecule has 0 spiro atoms. The molecule has 6 nitrogen and oxygen atoms in total. The molecule has 0 atom stereocenters. The van der Waals surface area contributed by atoms with Crippen molar-refractivity contribution in [2.24, 2.45) is 0 Å². The Bertz CT molecular complexity index is 533. The van der Waals surface area contributed by atoms with Gasteiger partial charge in [0.05, 0.1) is 19.9 Å². The van der Waals surface area contributed by atoms with Crippen molar-refractivity contribution >= 4 is 34.0 Å². The third-order valence-corrected chi connectivity index (χ3v) is 4.83. The molecule has 7 heteroatoms. The van der Waals surface area contributed by atoms with E-state index in [2.05, 4.69) is 4.90 Å². The van der Waals surface area contributed by atoms with Crippen molar-refractivity contribution in [3.8, 4) is 0 Å². The van der Waals surface area contributed by atoms with Gasteiger partial charge in [0.25, 0.3) is 0 Å². The number of carbonyl (C=O) groups excluding carboxylic acids is 2. The topological polar surface area (TPSA) is 81.9 Å². The second-order valence-electron chi connectivity index (χ2n) is 4.91. The molecule has 116 valence electrons. The Labute approximate surface area is 127 Å². The predicted octanol–water partition coefficient (Wildman–Crippen LogP) is 2.28. The molecule has 1 aromatic rings. The summed E-state index contributed by atoms with van der Waals surface area (Å²) in [6.45, 7) is 1.70. The first-order valence-corrected chi connectivity index (χ1v) is 7.75. The van der Waals surface area contributed by atoms with E-state index in [9.17, 15) is 9.59 Å². The fourth-order valence-corrected chi connectivity index (χ4v) is 3.65. The minimum absolute atomic E-state index is 0.151. The Morgan fingerprint density at radius 1 is 1.05 bits per heavy atom. The Hall–Kier alpha value is -1.76. The molecule has 0 amide bonds. The van der Waals surface area contributed by atoms with Crippen LogP contribution in [0.5, 0.6) is 0 Å². The summed E-state index contributed by atoms with van der Waals surface area (Å²) in [5.41, 5.74) is 6.42. The lowest BCUT2D eigenvalue weighted by Gasteiger charge is -2.21. The first-order chi connectivity index (χ1) is 10.1. The average Bonchev–Trinajstić information content (AvgIpc) is 2.69. The average molecular weight is 312 g/mol. The van der Waals surface area contributed by atoms with Crippen LogP contribution >= 0.6 is 11.3 Å². The first-order valence-electron chi connectivity index (χ1n) is 6.94. The molecule has 2 heterocycles. The molecule has 2 N–H and O–H groups in total. The van der Waals surface area contributed by atoms with Crippen molar-refractivity contribution in [3.05, 3.63) is 10.4 Å². The Morgan fingerprint density at radius 3 is 2.14 bits per heavy atom. The zero-order valence-corrected chi connectivity index (χ0v) is 13.1. The SMILES string of the molecule is COC(=O)c1sc(N2CCCCCC2)c(C(=O)OC)c1N. The molecule has 0 unspecified atom stereocenters. The minimum Gasteiger partial charge on any atom is -0.465 e. The van der Waals surface area contributed by atoms with Crippen molar-refractivity contribution in [2.45, 2.75) is 25.7 Å². The van der Waals surface area contributed by atoms with Gasteiger partial charge < -0.3 is 20.1 Å². The number of hydrogen-bond acceptors (Lipinski definition) is 7. The number of carbonyl (C=O) groups is 2. The lowest BCUT2D eigenvalue weighted by molar-refractivity contribution is 0.0602. The molecule has 2 rings (SSSR count). The molecule has 0 bridgehead atoms. The number of nitrogens with two attached hydrogens (primary N) is 1. The van der Waals surface area contributed by atoms with Gasteiger partial charge in [0.2, 0.25) is 0 Å². The van der Waals surface area contributed by atoms with Crippen molar-refractivity contribution in [2.75, 3.05) is 37.9 Å². The third-order valence-electron chi connectivity index (χ3n) is 3.58. The highest BCUT2D eigenvalue weighted by Crippen LogP contribution is 2.40. The lowest BCUT2D eigenvalue weighted by Crippen LogP contribution is -2.25. The van der Waals surface area contributed by atoms with Gasteiger partial charge in [-0.05, 0) is 12.8 Å². The van der Waals surface area contributed by atoms with Crippen LogP contribution in [0.1, 0.15) is 45.7 Å². The van der Waals surface area contributed by atoms with Crippen LogP contribution in [0.3, 0.4) is 0 Å². The van der Waals surface area contributed by atoms with E-state index in [0.717, 1.165) is 25.9 Å². The molecule has 0 aliphatic carbocycles. The summed E-state index contributed by atoms with van der Waals surface area (Å²) in [6.07, 6.45) is 4.47. The van der Waals surface area contributed by atoms with Crippen molar-refractivity contribution < 1.29 is 19.1 Å². The summed E-state index contributed by atoms with van der Waals surface area (Å²) in [6, 6.07) is 0. The number of rotatable bonds is 3. The van der Waals surface area contributed by atoms with Crippen LogP contribution < -0.4 is 10.6 Å². The monoisotopic (exact) mass is 312 g/mol. The van der Waals surface area contributed by atoms with Gasteiger partial charge in [-0.3, -0.25) is 0 Å². The second-order valence-corrected chi connectivity index (χ2v) is 5.91. The van der Waals surface area contributed by atoms with Crippen LogP contribution in [-0.2, 0) is 9.47 Å². The highest BCUT2D eigenvalue weighted by Gasteiger charge is 2.29. The van der Waals surface area contributed by atoms with Gasteiger partial charge in [0.15, 0.2) is 0 Å². The van der Waals surface area contributed by atoms with E-state index in [1.54, 1.807) is 0 Å². The van der Waals surface area contributed by atoms with Gasteiger partial charge in [-0.15, -0.1) is 11.3 Å². The normalized spacial score (nSPS) is 15.4. The number of thiophene rings is 1. The lowest BCUT2D eigenvalue weighted by atomic mass is 10.2. The standard InChI is InChI=1S/C14H20N2O4S/c1-19-13(17)9-10(15)11(14(18)20-2)21-12(9)16-7-5-3-4-6-8-16/h3-8,15H2,1-2H3. The summed E-state index contributed by atoms with van der Waals surface area (Å²) in [4.78, 5) is 26.2. The van der Waals surface area contributed by atoms with E-state index in [1.165, 1.54) is 38.4 Å². The number of nitrogens with zero attached hydrogens (tertiary/aromatic N) is 1. The van der Waals surface area contributed by atoms with Crippen LogP contribution in [0.2, 0.25) is 0 Å². The zero-order chi connectivity index (χ0) is 15.4. The van der Waals surface area contributed by atoms with Crippen LogP contribution in [0, 0.1) is 0 Å². The zero-order valence-electron chi connectivity index (χ0n) is 12.3. The van der Waals surface area contributed by atoms with Crippen molar-refractivity contribution in [1.82, 2.24) is 0 Å². The molecule has 1 saturated heterocycles. The smallest absolute Gasteiger partial charge is 0.350 e. The number of anilines is 2. The summed E-state index contributed by atoms with van der Waals surface area (Å²) in [5, 5.41) is 0.710. The van der Waals surface area contributed by atoms with Gasteiger partial charge in [0.1, 0.15) is 15.4 Å². The van der Waals surface area contributed by atoms with Crippen LogP contribution in [0.4, 0.5) is 10.7 Å². The number of esters is 2. The van der Waals surface area contributed by atoms with Crippen LogP contribution in [0.15, 0.2) is 0 Å². The van der Waals surface area contributed by atoms with Crippen LogP contribution in [0.25, 0.3) is 0 Å². The first kappa shape index (κ1) is 15.6. The van der Waals surface area contributed by atoms with E-state index in [0.29, 0.717) is 5.00 Å². The summed E-state index contributed by atoms with van der Waals surface area (Å²) in [7, 11) is 2.61. The summed E-state index contributed by atoms with van der Waals surface area (Å²) in [5.74, 6) is -1.04. The largest absolute Gasteiger partial charge is 0.465 e. The summed E-state index contributed by atoms with van der Waals surface area (Å²) < 4.78 is 9.55. The molecule has 0 saturated carbocycles. The van der Waals surface area contributed by atoms with Crippen LogP contribution in [-0.4, -0.2) is 39.2 Å². The molecule has 0 radical (unpaired) electrons. The van der Waals surface area contributed by atoms with Gasteiger partial charge >= 0.3 is 11.9 Å². The molecular formula is C14H20N2O4S. The Balaban J connectivity index is 2.46. The molecule has 0 aromatic carbocycles.